The van der Waals surface area contributed by atoms with Crippen LogP contribution in [0.15, 0.2) is 0 Å². The highest BCUT2D eigenvalue weighted by Crippen LogP contribution is 2.08. The Bertz CT molecular complexity index is 113. The fourth-order valence-corrected chi connectivity index (χ4v) is 1.81. The Morgan fingerprint density at radius 2 is 2.42 bits per heavy atom. The molecule has 0 amide bonds. The molecule has 0 aromatic carbocycles. The SMILES string of the molecule is CCN(CCCF)C1CCNC1. The third-order valence-electron chi connectivity index (χ3n) is 2.54. The molecule has 1 heterocycles. The molecule has 0 bridgehead atoms. The summed E-state index contributed by atoms with van der Waals surface area (Å²) in [5, 5.41) is 3.33. The van der Waals surface area contributed by atoms with Crippen molar-refractivity contribution in [1.29, 1.82) is 0 Å². The van der Waals surface area contributed by atoms with E-state index in [9.17, 15) is 4.39 Å². The highest BCUT2D eigenvalue weighted by atomic mass is 19.1. The molecule has 1 fully saturated rings. The van der Waals surface area contributed by atoms with Gasteiger partial charge in [-0.05, 0) is 25.9 Å². The van der Waals surface area contributed by atoms with Crippen LogP contribution in [0.1, 0.15) is 19.8 Å². The van der Waals surface area contributed by atoms with Crippen LogP contribution in [-0.2, 0) is 0 Å². The van der Waals surface area contributed by atoms with Gasteiger partial charge in [-0.25, -0.2) is 0 Å². The summed E-state index contributed by atoms with van der Waals surface area (Å²) in [6.07, 6.45) is 1.91. The van der Waals surface area contributed by atoms with Gasteiger partial charge in [0.1, 0.15) is 0 Å². The van der Waals surface area contributed by atoms with E-state index in [4.69, 9.17) is 0 Å². The van der Waals surface area contributed by atoms with Crippen molar-refractivity contribution in [3.8, 4) is 0 Å². The molecule has 3 heteroatoms. The summed E-state index contributed by atoms with van der Waals surface area (Å²) < 4.78 is 11.9. The molecule has 0 radical (unpaired) electrons. The van der Waals surface area contributed by atoms with Gasteiger partial charge in [-0.3, -0.25) is 9.29 Å². The molecule has 1 atom stereocenters. The Hall–Kier alpha value is -0.150. The van der Waals surface area contributed by atoms with Gasteiger partial charge in [0.2, 0.25) is 0 Å². The third-order valence-corrected chi connectivity index (χ3v) is 2.54. The summed E-state index contributed by atoms with van der Waals surface area (Å²) in [5.74, 6) is 0. The largest absolute Gasteiger partial charge is 0.315 e. The topological polar surface area (TPSA) is 15.3 Å². The molecule has 1 saturated heterocycles. The van der Waals surface area contributed by atoms with Crippen molar-refractivity contribution >= 4 is 0 Å². The molecule has 0 aromatic heterocycles. The van der Waals surface area contributed by atoms with Crippen molar-refractivity contribution in [2.24, 2.45) is 0 Å². The molecule has 0 saturated carbocycles. The van der Waals surface area contributed by atoms with E-state index in [0.717, 1.165) is 26.2 Å². The minimum absolute atomic E-state index is 0.184. The van der Waals surface area contributed by atoms with Crippen LogP contribution in [0.3, 0.4) is 0 Å². The lowest BCUT2D eigenvalue weighted by Gasteiger charge is -2.26. The van der Waals surface area contributed by atoms with Crippen LogP contribution in [0, 0.1) is 0 Å². The first-order valence-electron chi connectivity index (χ1n) is 4.89. The highest BCUT2D eigenvalue weighted by Gasteiger charge is 2.19. The van der Waals surface area contributed by atoms with E-state index >= 15 is 0 Å². The highest BCUT2D eigenvalue weighted by molar-refractivity contribution is 4.79. The van der Waals surface area contributed by atoms with E-state index in [1.807, 2.05) is 0 Å². The van der Waals surface area contributed by atoms with E-state index in [-0.39, 0.29) is 6.67 Å². The summed E-state index contributed by atoms with van der Waals surface area (Å²) >= 11 is 0. The number of likely N-dealkylation sites (N-methyl/N-ethyl adjacent to an activating group) is 1. The lowest BCUT2D eigenvalue weighted by Crippen LogP contribution is -2.37. The minimum Gasteiger partial charge on any atom is -0.315 e. The van der Waals surface area contributed by atoms with E-state index in [0.29, 0.717) is 12.5 Å². The summed E-state index contributed by atoms with van der Waals surface area (Å²) in [6.45, 7) is 6.13. The summed E-state index contributed by atoms with van der Waals surface area (Å²) in [7, 11) is 0. The molecule has 0 aliphatic carbocycles. The maximum absolute atomic E-state index is 11.9. The van der Waals surface area contributed by atoms with Crippen molar-refractivity contribution in [3.05, 3.63) is 0 Å². The summed E-state index contributed by atoms with van der Waals surface area (Å²) in [5.41, 5.74) is 0. The Morgan fingerprint density at radius 1 is 1.58 bits per heavy atom. The number of hydrogen-bond donors (Lipinski definition) is 1. The quantitative estimate of drug-likeness (QED) is 0.669. The average molecular weight is 174 g/mol. The van der Waals surface area contributed by atoms with Gasteiger partial charge in [0.15, 0.2) is 0 Å². The van der Waals surface area contributed by atoms with Crippen molar-refractivity contribution in [1.82, 2.24) is 10.2 Å². The van der Waals surface area contributed by atoms with Gasteiger partial charge in [0.05, 0.1) is 6.67 Å². The number of hydrogen-bond acceptors (Lipinski definition) is 2. The molecular weight excluding hydrogens is 155 g/mol. The van der Waals surface area contributed by atoms with Crippen LogP contribution in [0.25, 0.3) is 0 Å². The lowest BCUT2D eigenvalue weighted by atomic mass is 10.2. The van der Waals surface area contributed by atoms with Crippen LogP contribution in [0.4, 0.5) is 4.39 Å². The zero-order valence-electron chi connectivity index (χ0n) is 7.85. The molecule has 1 N–H and O–H groups in total. The first-order valence-corrected chi connectivity index (χ1v) is 4.89. The first kappa shape index (κ1) is 9.93. The van der Waals surface area contributed by atoms with Gasteiger partial charge in [-0.2, -0.15) is 0 Å². The Kier molecular flexibility index (Phi) is 4.54. The van der Waals surface area contributed by atoms with Crippen LogP contribution < -0.4 is 5.32 Å². The fraction of sp³-hybridized carbons (Fsp3) is 1.00. The summed E-state index contributed by atoms with van der Waals surface area (Å²) in [6, 6.07) is 0.654. The zero-order valence-corrected chi connectivity index (χ0v) is 7.85. The molecule has 0 spiro atoms. The molecular formula is C9H19FN2. The maximum atomic E-state index is 11.9. The Morgan fingerprint density at radius 3 is 2.92 bits per heavy atom. The number of nitrogens with zero attached hydrogens (tertiary/aromatic N) is 1. The molecule has 1 aliphatic rings. The molecule has 72 valence electrons. The van der Waals surface area contributed by atoms with Crippen molar-refractivity contribution < 1.29 is 4.39 Å². The predicted molar refractivity (Wildman–Crippen MR) is 49.1 cm³/mol. The molecule has 12 heavy (non-hydrogen) atoms. The van der Waals surface area contributed by atoms with E-state index in [1.165, 1.54) is 6.42 Å². The average Bonchev–Trinajstić information content (AvgIpc) is 2.59. The Balaban J connectivity index is 2.22. The Labute approximate surface area is 74.1 Å². The van der Waals surface area contributed by atoms with Crippen molar-refractivity contribution in [2.45, 2.75) is 25.8 Å². The second-order valence-corrected chi connectivity index (χ2v) is 3.32. The standard InChI is InChI=1S/C9H19FN2/c1-2-12(7-3-5-10)9-4-6-11-8-9/h9,11H,2-8H2,1H3. The van der Waals surface area contributed by atoms with Gasteiger partial charge < -0.3 is 5.32 Å². The van der Waals surface area contributed by atoms with E-state index < -0.39 is 0 Å². The number of rotatable bonds is 5. The molecule has 1 aliphatic heterocycles. The van der Waals surface area contributed by atoms with Crippen LogP contribution in [-0.4, -0.2) is 43.8 Å². The third kappa shape index (κ3) is 2.72. The monoisotopic (exact) mass is 174 g/mol. The van der Waals surface area contributed by atoms with Crippen LogP contribution in [0.5, 0.6) is 0 Å². The first-order chi connectivity index (χ1) is 5.88. The minimum atomic E-state index is -0.184. The maximum Gasteiger partial charge on any atom is 0.0906 e. The van der Waals surface area contributed by atoms with E-state index in [2.05, 4.69) is 17.1 Å². The van der Waals surface area contributed by atoms with Gasteiger partial charge in [0, 0.05) is 19.1 Å². The summed E-state index contributed by atoms with van der Waals surface area (Å²) in [4.78, 5) is 2.37. The van der Waals surface area contributed by atoms with Gasteiger partial charge in [0.25, 0.3) is 0 Å². The second-order valence-electron chi connectivity index (χ2n) is 3.32. The number of nitrogens with one attached hydrogen (secondary N) is 1. The molecule has 1 rings (SSSR count). The predicted octanol–water partition coefficient (Wildman–Crippen LogP) is 1.03. The second kappa shape index (κ2) is 5.49. The smallest absolute Gasteiger partial charge is 0.0906 e. The van der Waals surface area contributed by atoms with Crippen molar-refractivity contribution in [3.63, 3.8) is 0 Å². The van der Waals surface area contributed by atoms with E-state index in [1.54, 1.807) is 0 Å². The lowest BCUT2D eigenvalue weighted by molar-refractivity contribution is 0.209. The molecule has 1 unspecified atom stereocenters. The molecule has 0 aromatic rings. The van der Waals surface area contributed by atoms with Gasteiger partial charge in [-0.1, -0.05) is 6.92 Å². The fourth-order valence-electron chi connectivity index (χ4n) is 1.81. The number of halogens is 1. The van der Waals surface area contributed by atoms with Gasteiger partial charge >= 0.3 is 0 Å². The van der Waals surface area contributed by atoms with Crippen molar-refractivity contribution in [2.75, 3.05) is 32.9 Å². The zero-order chi connectivity index (χ0) is 8.81. The van der Waals surface area contributed by atoms with Crippen LogP contribution in [0.2, 0.25) is 0 Å². The normalized spacial score (nSPS) is 23.8. The van der Waals surface area contributed by atoms with Crippen LogP contribution >= 0.6 is 0 Å². The molecule has 2 nitrogen and oxygen atoms in total. The van der Waals surface area contributed by atoms with Gasteiger partial charge in [-0.15, -0.1) is 0 Å². The number of alkyl halides is 1.